The summed E-state index contributed by atoms with van der Waals surface area (Å²) in [5, 5.41) is 15.8. The van der Waals surface area contributed by atoms with Gasteiger partial charge in [-0.1, -0.05) is 30.3 Å². The Kier molecular flexibility index (Phi) is 4.37. The highest BCUT2D eigenvalue weighted by Gasteiger charge is 2.21. The molecule has 1 amide bonds. The van der Waals surface area contributed by atoms with Gasteiger partial charge in [0.15, 0.2) is 5.69 Å². The molecule has 0 aliphatic rings. The lowest BCUT2D eigenvalue weighted by atomic mass is 10.2. The molecular weight excluding hydrogens is 256 g/mol. The Morgan fingerprint density at radius 2 is 2.10 bits per heavy atom. The molecule has 1 aromatic carbocycles. The third-order valence-corrected chi connectivity index (χ3v) is 3.07. The van der Waals surface area contributed by atoms with Crippen molar-refractivity contribution in [2.75, 3.05) is 18.9 Å². The van der Waals surface area contributed by atoms with E-state index in [4.69, 9.17) is 10.8 Å². The van der Waals surface area contributed by atoms with Crippen LogP contribution >= 0.6 is 0 Å². The lowest BCUT2D eigenvalue weighted by Crippen LogP contribution is -2.33. The van der Waals surface area contributed by atoms with Gasteiger partial charge in [-0.2, -0.15) is 5.10 Å². The Morgan fingerprint density at radius 1 is 1.40 bits per heavy atom. The van der Waals surface area contributed by atoms with Crippen LogP contribution in [0.4, 0.5) is 5.69 Å². The number of aryl methyl sites for hydroxylation is 1. The van der Waals surface area contributed by atoms with Gasteiger partial charge < -0.3 is 15.7 Å². The van der Waals surface area contributed by atoms with Crippen molar-refractivity contribution >= 4 is 11.6 Å². The zero-order chi connectivity index (χ0) is 14.5. The summed E-state index contributed by atoms with van der Waals surface area (Å²) in [7, 11) is 0. The predicted molar refractivity (Wildman–Crippen MR) is 76.0 cm³/mol. The number of nitrogens with two attached hydrogens (primary N) is 1. The second kappa shape index (κ2) is 6.21. The number of aromatic nitrogens is 2. The van der Waals surface area contributed by atoms with Crippen molar-refractivity contribution in [3.05, 3.63) is 47.3 Å². The van der Waals surface area contributed by atoms with Crippen LogP contribution in [0.3, 0.4) is 0 Å². The first-order valence-electron chi connectivity index (χ1n) is 6.38. The fraction of sp³-hybridized carbons (Fsp3) is 0.286. The van der Waals surface area contributed by atoms with E-state index >= 15 is 0 Å². The minimum absolute atomic E-state index is 0.109. The molecule has 0 aliphatic heterocycles. The maximum Gasteiger partial charge on any atom is 0.276 e. The Balaban J connectivity index is 2.20. The normalized spacial score (nSPS) is 10.5. The van der Waals surface area contributed by atoms with E-state index < -0.39 is 0 Å². The third-order valence-electron chi connectivity index (χ3n) is 3.07. The number of aromatic amines is 1. The fourth-order valence-corrected chi connectivity index (χ4v) is 1.93. The largest absolute Gasteiger partial charge is 0.395 e. The van der Waals surface area contributed by atoms with Gasteiger partial charge in [-0.3, -0.25) is 9.89 Å². The van der Waals surface area contributed by atoms with Gasteiger partial charge in [0.1, 0.15) is 0 Å². The number of aliphatic hydroxyl groups excluding tert-OH is 1. The molecule has 0 saturated heterocycles. The quantitative estimate of drug-likeness (QED) is 0.756. The van der Waals surface area contributed by atoms with E-state index in [-0.39, 0.29) is 24.8 Å². The zero-order valence-electron chi connectivity index (χ0n) is 11.3. The predicted octanol–water partition coefficient (Wildman–Crippen LogP) is 0.935. The number of rotatable bonds is 5. The highest BCUT2D eigenvalue weighted by Crippen LogP contribution is 2.16. The third kappa shape index (κ3) is 2.97. The average molecular weight is 274 g/mol. The number of H-pyrrole nitrogens is 1. The molecule has 0 bridgehead atoms. The summed E-state index contributed by atoms with van der Waals surface area (Å²) >= 11 is 0. The number of nitrogen functional groups attached to an aromatic ring is 1. The molecule has 6 heteroatoms. The molecule has 0 saturated carbocycles. The number of benzene rings is 1. The summed E-state index contributed by atoms with van der Waals surface area (Å²) in [6.45, 7) is 2.29. The maximum atomic E-state index is 12.4. The number of carbonyl (C=O) groups excluding carboxylic acids is 1. The highest BCUT2D eigenvalue weighted by atomic mass is 16.3. The van der Waals surface area contributed by atoms with Gasteiger partial charge in [-0.15, -0.1) is 0 Å². The Bertz CT molecular complexity index is 580. The van der Waals surface area contributed by atoms with Crippen molar-refractivity contribution in [3.63, 3.8) is 0 Å². The van der Waals surface area contributed by atoms with Crippen molar-refractivity contribution in [2.24, 2.45) is 0 Å². The van der Waals surface area contributed by atoms with Gasteiger partial charge in [0, 0.05) is 13.1 Å². The van der Waals surface area contributed by atoms with Crippen molar-refractivity contribution in [1.82, 2.24) is 15.1 Å². The van der Waals surface area contributed by atoms with E-state index in [0.29, 0.717) is 17.9 Å². The molecule has 0 aliphatic carbocycles. The highest BCUT2D eigenvalue weighted by molar-refractivity contribution is 5.97. The number of amides is 1. The first-order valence-corrected chi connectivity index (χ1v) is 6.38. The van der Waals surface area contributed by atoms with Gasteiger partial charge in [-0.25, -0.2) is 0 Å². The lowest BCUT2D eigenvalue weighted by Gasteiger charge is -2.21. The standard InChI is InChI=1S/C14H18N4O2/c1-10-12(15)13(17-16-10)14(20)18(7-8-19)9-11-5-3-2-4-6-11/h2-6,19H,7-9,15H2,1H3,(H,16,17). The second-order valence-corrected chi connectivity index (χ2v) is 4.55. The minimum Gasteiger partial charge on any atom is -0.395 e. The average Bonchev–Trinajstić information content (AvgIpc) is 2.79. The number of carbonyl (C=O) groups is 1. The summed E-state index contributed by atoms with van der Waals surface area (Å²) < 4.78 is 0. The van der Waals surface area contributed by atoms with E-state index in [0.717, 1.165) is 5.56 Å². The number of anilines is 1. The van der Waals surface area contributed by atoms with Crippen LogP contribution in [-0.4, -0.2) is 39.3 Å². The number of nitrogens with zero attached hydrogens (tertiary/aromatic N) is 2. The van der Waals surface area contributed by atoms with Crippen LogP contribution in [0.5, 0.6) is 0 Å². The van der Waals surface area contributed by atoms with Crippen LogP contribution < -0.4 is 5.73 Å². The number of hydrogen-bond acceptors (Lipinski definition) is 4. The fourth-order valence-electron chi connectivity index (χ4n) is 1.93. The Hall–Kier alpha value is -2.34. The van der Waals surface area contributed by atoms with Crippen LogP contribution in [0, 0.1) is 6.92 Å². The van der Waals surface area contributed by atoms with E-state index in [1.165, 1.54) is 4.90 Å². The van der Waals surface area contributed by atoms with Crippen molar-refractivity contribution in [3.8, 4) is 0 Å². The molecule has 0 atom stereocenters. The molecule has 20 heavy (non-hydrogen) atoms. The maximum absolute atomic E-state index is 12.4. The Morgan fingerprint density at radius 3 is 2.65 bits per heavy atom. The van der Waals surface area contributed by atoms with Gasteiger partial charge in [-0.05, 0) is 12.5 Å². The molecule has 1 aromatic heterocycles. The summed E-state index contributed by atoms with van der Waals surface area (Å²) in [6, 6.07) is 9.58. The first-order chi connectivity index (χ1) is 9.63. The number of nitrogens with one attached hydrogen (secondary N) is 1. The summed E-state index contributed by atoms with van der Waals surface area (Å²) in [5.41, 5.74) is 8.03. The summed E-state index contributed by atoms with van der Waals surface area (Å²) in [4.78, 5) is 14.0. The molecule has 0 spiro atoms. The molecule has 106 valence electrons. The van der Waals surface area contributed by atoms with Crippen molar-refractivity contribution in [2.45, 2.75) is 13.5 Å². The zero-order valence-corrected chi connectivity index (χ0v) is 11.3. The lowest BCUT2D eigenvalue weighted by molar-refractivity contribution is 0.0703. The van der Waals surface area contributed by atoms with Gasteiger partial charge in [0.05, 0.1) is 18.0 Å². The van der Waals surface area contributed by atoms with Crippen LogP contribution in [-0.2, 0) is 6.54 Å². The minimum atomic E-state index is -0.287. The summed E-state index contributed by atoms with van der Waals surface area (Å²) in [5.74, 6) is -0.287. The van der Waals surface area contributed by atoms with Crippen LogP contribution in [0.2, 0.25) is 0 Å². The molecule has 0 fully saturated rings. The molecule has 1 heterocycles. The molecule has 6 nitrogen and oxygen atoms in total. The summed E-state index contributed by atoms with van der Waals surface area (Å²) in [6.07, 6.45) is 0. The Labute approximate surface area is 117 Å². The number of hydrogen-bond donors (Lipinski definition) is 3. The number of aliphatic hydroxyl groups is 1. The van der Waals surface area contributed by atoms with E-state index in [2.05, 4.69) is 10.2 Å². The SMILES string of the molecule is Cc1[nH]nc(C(=O)N(CCO)Cc2ccccc2)c1N. The van der Waals surface area contributed by atoms with Crippen molar-refractivity contribution < 1.29 is 9.90 Å². The molecule has 4 N–H and O–H groups in total. The van der Waals surface area contributed by atoms with Crippen LogP contribution in [0.15, 0.2) is 30.3 Å². The van der Waals surface area contributed by atoms with Crippen LogP contribution in [0.25, 0.3) is 0 Å². The van der Waals surface area contributed by atoms with E-state index in [1.807, 2.05) is 30.3 Å². The molecule has 2 aromatic rings. The molecule has 2 rings (SSSR count). The van der Waals surface area contributed by atoms with Crippen molar-refractivity contribution in [1.29, 1.82) is 0 Å². The second-order valence-electron chi connectivity index (χ2n) is 4.55. The van der Waals surface area contributed by atoms with E-state index in [1.54, 1.807) is 6.92 Å². The van der Waals surface area contributed by atoms with Gasteiger partial charge in [0.25, 0.3) is 5.91 Å². The first kappa shape index (κ1) is 14.1. The van der Waals surface area contributed by atoms with Gasteiger partial charge in [0.2, 0.25) is 0 Å². The molecular formula is C14H18N4O2. The van der Waals surface area contributed by atoms with Gasteiger partial charge >= 0.3 is 0 Å². The topological polar surface area (TPSA) is 95.2 Å². The van der Waals surface area contributed by atoms with Crippen LogP contribution in [0.1, 0.15) is 21.7 Å². The monoisotopic (exact) mass is 274 g/mol. The smallest absolute Gasteiger partial charge is 0.276 e. The molecule has 0 radical (unpaired) electrons. The molecule has 0 unspecified atom stereocenters. The van der Waals surface area contributed by atoms with E-state index in [9.17, 15) is 4.79 Å².